The standard InChI is InChI=1S/C40H22N2S/c1-2-8-23(9-3-1)37-22-33-30-14-7-13-29-32-21-25(17-19-36(32)42(39(29)30)40(33)43-37)24-16-18-35-31(20-24)28-12-6-11-27-26-10-4-5-15-34(26)41(35)38(27)28/h1-22H. The van der Waals surface area contributed by atoms with Crippen LogP contribution in [0, 0.1) is 0 Å². The van der Waals surface area contributed by atoms with E-state index in [2.05, 4.69) is 142 Å². The second-order valence-electron chi connectivity index (χ2n) is 11.8. The minimum absolute atomic E-state index is 1.25. The molecule has 0 aliphatic heterocycles. The Kier molecular flexibility index (Phi) is 3.99. The Morgan fingerprint density at radius 2 is 0.884 bits per heavy atom. The number of fused-ring (bicyclic) bond motifs is 12. The highest BCUT2D eigenvalue weighted by molar-refractivity contribution is 7.22. The molecule has 5 aromatic heterocycles. The first kappa shape index (κ1) is 22.2. The fourth-order valence-electron chi connectivity index (χ4n) is 7.77. The van der Waals surface area contributed by atoms with Crippen LogP contribution in [0.5, 0.6) is 0 Å². The van der Waals surface area contributed by atoms with Crippen LogP contribution in [0.3, 0.4) is 0 Å². The Labute approximate surface area is 249 Å². The van der Waals surface area contributed by atoms with Gasteiger partial charge in [0.05, 0.1) is 27.6 Å². The molecule has 0 saturated heterocycles. The number of thiophene rings is 1. The number of hydrogen-bond donors (Lipinski definition) is 0. The molecule has 0 aliphatic rings. The lowest BCUT2D eigenvalue weighted by molar-refractivity contribution is 1.37. The van der Waals surface area contributed by atoms with Gasteiger partial charge in [0.1, 0.15) is 4.83 Å². The number of benzene rings is 6. The van der Waals surface area contributed by atoms with Crippen LogP contribution in [0.1, 0.15) is 0 Å². The Morgan fingerprint density at radius 3 is 1.60 bits per heavy atom. The molecule has 0 amide bonds. The summed E-state index contributed by atoms with van der Waals surface area (Å²) in [6.07, 6.45) is 0. The van der Waals surface area contributed by atoms with E-state index < -0.39 is 0 Å². The predicted octanol–water partition coefficient (Wildman–Crippen LogP) is 11.4. The van der Waals surface area contributed by atoms with E-state index in [4.69, 9.17) is 0 Å². The lowest BCUT2D eigenvalue weighted by Gasteiger charge is -2.05. The molecule has 43 heavy (non-hydrogen) atoms. The van der Waals surface area contributed by atoms with Crippen LogP contribution < -0.4 is 0 Å². The Bertz CT molecular complexity index is 2880. The molecule has 0 saturated carbocycles. The average Bonchev–Trinajstić information content (AvgIpc) is 3.86. The van der Waals surface area contributed by atoms with Gasteiger partial charge in [0.2, 0.25) is 0 Å². The van der Waals surface area contributed by atoms with Gasteiger partial charge in [-0.3, -0.25) is 4.40 Å². The Balaban J connectivity index is 1.15. The molecule has 6 aromatic carbocycles. The molecule has 0 fully saturated rings. The number of aromatic nitrogens is 2. The number of nitrogens with zero attached hydrogens (tertiary/aromatic N) is 2. The van der Waals surface area contributed by atoms with E-state index in [-0.39, 0.29) is 0 Å². The van der Waals surface area contributed by atoms with Crippen molar-refractivity contribution in [1.29, 1.82) is 0 Å². The van der Waals surface area contributed by atoms with Crippen molar-refractivity contribution in [3.8, 4) is 21.6 Å². The van der Waals surface area contributed by atoms with E-state index in [0.717, 1.165) is 0 Å². The van der Waals surface area contributed by atoms with Crippen molar-refractivity contribution in [2.24, 2.45) is 0 Å². The van der Waals surface area contributed by atoms with Crippen LogP contribution >= 0.6 is 11.3 Å². The van der Waals surface area contributed by atoms with Gasteiger partial charge in [0, 0.05) is 48.0 Å². The Morgan fingerprint density at radius 1 is 0.349 bits per heavy atom. The van der Waals surface area contributed by atoms with E-state index in [9.17, 15) is 0 Å². The van der Waals surface area contributed by atoms with Gasteiger partial charge in [-0.1, -0.05) is 97.1 Å². The quantitative estimate of drug-likeness (QED) is 0.198. The van der Waals surface area contributed by atoms with Crippen molar-refractivity contribution in [3.05, 3.63) is 133 Å². The summed E-state index contributed by atoms with van der Waals surface area (Å²) in [5.74, 6) is 0. The van der Waals surface area contributed by atoms with Crippen molar-refractivity contribution in [1.82, 2.24) is 8.80 Å². The van der Waals surface area contributed by atoms with E-state index in [0.29, 0.717) is 0 Å². The molecular weight excluding hydrogens is 541 g/mol. The maximum absolute atomic E-state index is 2.50. The first-order valence-electron chi connectivity index (χ1n) is 14.8. The van der Waals surface area contributed by atoms with Crippen LogP contribution in [0.4, 0.5) is 0 Å². The van der Waals surface area contributed by atoms with Crippen LogP contribution in [0.15, 0.2) is 133 Å². The van der Waals surface area contributed by atoms with Crippen LogP contribution in [0.25, 0.3) is 97.1 Å². The van der Waals surface area contributed by atoms with Crippen LogP contribution in [0.2, 0.25) is 0 Å². The summed E-state index contributed by atoms with van der Waals surface area (Å²) >= 11 is 1.89. The smallest absolute Gasteiger partial charge is 0.109 e. The topological polar surface area (TPSA) is 8.82 Å². The van der Waals surface area contributed by atoms with Gasteiger partial charge in [-0.05, 0) is 53.1 Å². The van der Waals surface area contributed by atoms with Crippen molar-refractivity contribution in [2.45, 2.75) is 0 Å². The highest BCUT2D eigenvalue weighted by atomic mass is 32.1. The Hall–Kier alpha value is -5.38. The highest BCUT2D eigenvalue weighted by Gasteiger charge is 2.21. The number of hydrogen-bond acceptors (Lipinski definition) is 1. The van der Waals surface area contributed by atoms with Gasteiger partial charge in [0.25, 0.3) is 0 Å². The van der Waals surface area contributed by atoms with E-state index >= 15 is 0 Å². The third kappa shape index (κ3) is 2.69. The first-order valence-corrected chi connectivity index (χ1v) is 15.6. The van der Waals surface area contributed by atoms with Gasteiger partial charge < -0.3 is 4.40 Å². The second-order valence-corrected chi connectivity index (χ2v) is 12.8. The SMILES string of the molecule is c1ccc(-c2cc3c4cccc5c6cc(-c7ccc8c(c7)c7cccc9c%10ccccc%10n8c97)ccc6n(c3s2)c54)cc1. The summed E-state index contributed by atoms with van der Waals surface area (Å²) in [6.45, 7) is 0. The van der Waals surface area contributed by atoms with Gasteiger partial charge in [-0.2, -0.15) is 0 Å². The third-order valence-corrected chi connectivity index (χ3v) is 10.8. The molecule has 11 aromatic rings. The third-order valence-electron chi connectivity index (χ3n) is 9.61. The molecule has 2 nitrogen and oxygen atoms in total. The summed E-state index contributed by atoms with van der Waals surface area (Å²) in [5.41, 5.74) is 10.3. The summed E-state index contributed by atoms with van der Waals surface area (Å²) in [7, 11) is 0. The predicted molar refractivity (Wildman–Crippen MR) is 185 cm³/mol. The molecular formula is C40H22N2S. The molecule has 0 radical (unpaired) electrons. The van der Waals surface area contributed by atoms with E-state index in [1.165, 1.54) is 97.1 Å². The van der Waals surface area contributed by atoms with Crippen molar-refractivity contribution in [2.75, 3.05) is 0 Å². The molecule has 0 unspecified atom stereocenters. The van der Waals surface area contributed by atoms with Crippen LogP contribution in [-0.4, -0.2) is 8.80 Å². The monoisotopic (exact) mass is 562 g/mol. The van der Waals surface area contributed by atoms with E-state index in [1.807, 2.05) is 11.3 Å². The molecule has 0 bridgehead atoms. The van der Waals surface area contributed by atoms with Crippen molar-refractivity contribution < 1.29 is 0 Å². The molecule has 198 valence electrons. The molecule has 0 atom stereocenters. The van der Waals surface area contributed by atoms with Gasteiger partial charge >= 0.3 is 0 Å². The molecule has 3 heteroatoms. The van der Waals surface area contributed by atoms with Gasteiger partial charge in [-0.25, -0.2) is 0 Å². The zero-order valence-corrected chi connectivity index (χ0v) is 23.8. The lowest BCUT2D eigenvalue weighted by atomic mass is 9.99. The minimum atomic E-state index is 1.25. The van der Waals surface area contributed by atoms with Crippen LogP contribution in [-0.2, 0) is 0 Å². The van der Waals surface area contributed by atoms with Gasteiger partial charge in [-0.15, -0.1) is 11.3 Å². The average molecular weight is 563 g/mol. The molecule has 0 aliphatic carbocycles. The minimum Gasteiger partial charge on any atom is -0.308 e. The first-order chi connectivity index (χ1) is 21.3. The summed E-state index contributed by atoms with van der Waals surface area (Å²) < 4.78 is 4.95. The number of rotatable bonds is 2. The zero-order valence-electron chi connectivity index (χ0n) is 23.0. The van der Waals surface area contributed by atoms with E-state index in [1.54, 1.807) is 0 Å². The molecule has 0 N–H and O–H groups in total. The largest absolute Gasteiger partial charge is 0.308 e. The molecule has 11 rings (SSSR count). The second kappa shape index (κ2) is 7.71. The van der Waals surface area contributed by atoms with Crippen molar-refractivity contribution >= 4 is 86.8 Å². The molecule has 5 heterocycles. The maximum Gasteiger partial charge on any atom is 0.109 e. The highest BCUT2D eigenvalue weighted by Crippen LogP contribution is 2.45. The maximum atomic E-state index is 2.50. The summed E-state index contributed by atoms with van der Waals surface area (Å²) in [5, 5.41) is 10.6. The fraction of sp³-hybridized carbons (Fsp3) is 0. The zero-order chi connectivity index (χ0) is 27.8. The normalized spacial score (nSPS) is 12.7. The fourth-order valence-corrected chi connectivity index (χ4v) is 8.97. The number of para-hydroxylation sites is 3. The lowest BCUT2D eigenvalue weighted by Crippen LogP contribution is -1.83. The van der Waals surface area contributed by atoms with Gasteiger partial charge in [0.15, 0.2) is 0 Å². The van der Waals surface area contributed by atoms with Crippen molar-refractivity contribution in [3.63, 3.8) is 0 Å². The molecule has 0 spiro atoms. The summed E-state index contributed by atoms with van der Waals surface area (Å²) in [4.78, 5) is 2.64. The summed E-state index contributed by atoms with van der Waals surface area (Å²) in [6, 6.07) is 49.5.